The molecule has 1 aromatic rings. The van der Waals surface area contributed by atoms with Gasteiger partial charge in [-0.25, -0.2) is 4.39 Å². The van der Waals surface area contributed by atoms with E-state index in [2.05, 4.69) is 25.7 Å². The van der Waals surface area contributed by atoms with Gasteiger partial charge in [-0.15, -0.1) is 0 Å². The maximum atomic E-state index is 13.6. The number of rotatable bonds is 6. The third-order valence-electron chi connectivity index (χ3n) is 5.43. The van der Waals surface area contributed by atoms with Crippen LogP contribution in [0.4, 0.5) is 4.39 Å². The molecule has 0 amide bonds. The molecule has 1 heterocycles. The van der Waals surface area contributed by atoms with Crippen LogP contribution in [0, 0.1) is 11.2 Å². The second kappa shape index (κ2) is 6.89. The van der Waals surface area contributed by atoms with E-state index in [1.807, 2.05) is 6.07 Å². The molecule has 1 aromatic carbocycles. The third-order valence-corrected chi connectivity index (χ3v) is 5.43. The normalized spacial score (nSPS) is 21.4. The van der Waals surface area contributed by atoms with Crippen molar-refractivity contribution in [3.8, 4) is 0 Å². The lowest BCUT2D eigenvalue weighted by Crippen LogP contribution is -2.40. The third kappa shape index (κ3) is 3.46. The first-order chi connectivity index (χ1) is 10.0. The van der Waals surface area contributed by atoms with Crippen LogP contribution in [0.1, 0.15) is 58.1 Å². The molecule has 2 nitrogen and oxygen atoms in total. The summed E-state index contributed by atoms with van der Waals surface area (Å²) in [6, 6.07) is 7.15. The predicted octanol–water partition coefficient (Wildman–Crippen LogP) is 4.12. The molecule has 1 fully saturated rings. The number of hydrogen-bond donors (Lipinski definition) is 1. The smallest absolute Gasteiger partial charge is 0.123 e. The average molecular weight is 292 g/mol. The van der Waals surface area contributed by atoms with Crippen LogP contribution in [0.15, 0.2) is 24.3 Å². The molecule has 2 rings (SSSR count). The van der Waals surface area contributed by atoms with Gasteiger partial charge in [-0.1, -0.05) is 32.9 Å². The molecule has 0 aliphatic carbocycles. The molecule has 2 atom stereocenters. The van der Waals surface area contributed by atoms with Crippen molar-refractivity contribution in [3.63, 3.8) is 0 Å². The molecule has 2 N–H and O–H groups in total. The summed E-state index contributed by atoms with van der Waals surface area (Å²) >= 11 is 0. The van der Waals surface area contributed by atoms with Crippen molar-refractivity contribution < 1.29 is 4.39 Å². The highest BCUT2D eigenvalue weighted by molar-refractivity contribution is 5.22. The van der Waals surface area contributed by atoms with Gasteiger partial charge in [-0.05, 0) is 55.3 Å². The van der Waals surface area contributed by atoms with Crippen LogP contribution in [-0.4, -0.2) is 24.0 Å². The van der Waals surface area contributed by atoms with Gasteiger partial charge >= 0.3 is 0 Å². The Bertz CT molecular complexity index is 456. The van der Waals surface area contributed by atoms with Crippen molar-refractivity contribution in [1.29, 1.82) is 0 Å². The van der Waals surface area contributed by atoms with Crippen LogP contribution in [-0.2, 0) is 0 Å². The number of halogens is 1. The molecule has 1 aliphatic rings. The highest BCUT2D eigenvalue weighted by Gasteiger charge is 2.39. The molecule has 3 heteroatoms. The van der Waals surface area contributed by atoms with Gasteiger partial charge in [0.25, 0.3) is 0 Å². The van der Waals surface area contributed by atoms with E-state index in [1.54, 1.807) is 12.1 Å². The van der Waals surface area contributed by atoms with E-state index < -0.39 is 0 Å². The molecule has 0 aromatic heterocycles. The van der Waals surface area contributed by atoms with Crippen LogP contribution < -0.4 is 5.73 Å². The quantitative estimate of drug-likeness (QED) is 0.854. The fourth-order valence-corrected chi connectivity index (χ4v) is 3.68. The van der Waals surface area contributed by atoms with Gasteiger partial charge in [0, 0.05) is 18.6 Å². The zero-order chi connectivity index (χ0) is 15.5. The Morgan fingerprint density at radius 3 is 2.52 bits per heavy atom. The molecule has 0 saturated carbocycles. The topological polar surface area (TPSA) is 29.3 Å². The molecule has 1 aliphatic heterocycles. The molecule has 118 valence electrons. The minimum atomic E-state index is -0.169. The lowest BCUT2D eigenvalue weighted by Gasteiger charge is -2.35. The van der Waals surface area contributed by atoms with Crippen molar-refractivity contribution in [1.82, 2.24) is 4.90 Å². The van der Waals surface area contributed by atoms with Gasteiger partial charge in [0.1, 0.15) is 5.82 Å². The average Bonchev–Trinajstić information content (AvgIpc) is 2.92. The highest BCUT2D eigenvalue weighted by atomic mass is 19.1. The first-order valence-electron chi connectivity index (χ1n) is 8.30. The van der Waals surface area contributed by atoms with Crippen LogP contribution in [0.2, 0.25) is 0 Å². The zero-order valence-corrected chi connectivity index (χ0v) is 13.6. The van der Waals surface area contributed by atoms with Crippen LogP contribution in [0.5, 0.6) is 0 Å². The number of benzene rings is 1. The first-order valence-corrected chi connectivity index (χ1v) is 8.30. The zero-order valence-electron chi connectivity index (χ0n) is 13.6. The number of likely N-dealkylation sites (tertiary alicyclic amines) is 1. The maximum Gasteiger partial charge on any atom is 0.123 e. The summed E-state index contributed by atoms with van der Waals surface area (Å²) in [6.07, 6.45) is 4.54. The van der Waals surface area contributed by atoms with E-state index in [0.717, 1.165) is 25.1 Å². The van der Waals surface area contributed by atoms with Gasteiger partial charge in [-0.3, -0.25) is 4.90 Å². The van der Waals surface area contributed by atoms with E-state index in [1.165, 1.54) is 25.3 Å². The lowest BCUT2D eigenvalue weighted by atomic mass is 9.82. The van der Waals surface area contributed by atoms with Gasteiger partial charge in [0.2, 0.25) is 0 Å². The van der Waals surface area contributed by atoms with Crippen LogP contribution in [0.25, 0.3) is 0 Å². The second-order valence-electron chi connectivity index (χ2n) is 6.50. The van der Waals surface area contributed by atoms with Gasteiger partial charge < -0.3 is 5.73 Å². The van der Waals surface area contributed by atoms with Crippen molar-refractivity contribution >= 4 is 0 Å². The molecule has 0 spiro atoms. The Balaban J connectivity index is 2.26. The monoisotopic (exact) mass is 292 g/mol. The van der Waals surface area contributed by atoms with Gasteiger partial charge in [0.05, 0.1) is 0 Å². The molecular weight excluding hydrogens is 263 g/mol. The molecule has 21 heavy (non-hydrogen) atoms. The molecule has 0 bridgehead atoms. The van der Waals surface area contributed by atoms with E-state index in [-0.39, 0.29) is 17.9 Å². The Kier molecular flexibility index (Phi) is 5.39. The van der Waals surface area contributed by atoms with Crippen molar-refractivity contribution in [2.45, 2.75) is 58.5 Å². The summed E-state index contributed by atoms with van der Waals surface area (Å²) < 4.78 is 13.6. The fourth-order valence-electron chi connectivity index (χ4n) is 3.68. The van der Waals surface area contributed by atoms with Crippen molar-refractivity contribution in [2.75, 3.05) is 13.1 Å². The van der Waals surface area contributed by atoms with E-state index in [4.69, 9.17) is 5.73 Å². The van der Waals surface area contributed by atoms with Gasteiger partial charge in [-0.2, -0.15) is 0 Å². The summed E-state index contributed by atoms with van der Waals surface area (Å²) in [7, 11) is 0. The Morgan fingerprint density at radius 2 is 2.00 bits per heavy atom. The molecule has 1 saturated heterocycles. The SMILES string of the molecule is CCC(N)C(c1cccc(F)c1)N1CCC(CC)(CC)C1. The molecule has 2 unspecified atom stereocenters. The van der Waals surface area contributed by atoms with E-state index in [0.29, 0.717) is 5.41 Å². The Labute approximate surface area is 128 Å². The maximum absolute atomic E-state index is 13.6. The lowest BCUT2D eigenvalue weighted by molar-refractivity contribution is 0.171. The number of hydrogen-bond acceptors (Lipinski definition) is 2. The largest absolute Gasteiger partial charge is 0.326 e. The second-order valence-corrected chi connectivity index (χ2v) is 6.50. The number of nitrogens with two attached hydrogens (primary N) is 1. The first kappa shape index (κ1) is 16.4. The predicted molar refractivity (Wildman–Crippen MR) is 86.6 cm³/mol. The molecule has 0 radical (unpaired) electrons. The highest BCUT2D eigenvalue weighted by Crippen LogP contribution is 2.41. The summed E-state index contributed by atoms with van der Waals surface area (Å²) in [5.74, 6) is -0.169. The summed E-state index contributed by atoms with van der Waals surface area (Å²) in [6.45, 7) is 8.82. The van der Waals surface area contributed by atoms with Crippen LogP contribution >= 0.6 is 0 Å². The van der Waals surface area contributed by atoms with Crippen molar-refractivity contribution in [2.24, 2.45) is 11.1 Å². The summed E-state index contributed by atoms with van der Waals surface area (Å²) in [5.41, 5.74) is 7.82. The minimum absolute atomic E-state index is 0.0521. The van der Waals surface area contributed by atoms with E-state index >= 15 is 0 Å². The fraction of sp³-hybridized carbons (Fsp3) is 0.667. The van der Waals surface area contributed by atoms with Gasteiger partial charge in [0.15, 0.2) is 0 Å². The summed E-state index contributed by atoms with van der Waals surface area (Å²) in [5, 5.41) is 0. The van der Waals surface area contributed by atoms with Crippen molar-refractivity contribution in [3.05, 3.63) is 35.6 Å². The Morgan fingerprint density at radius 1 is 1.29 bits per heavy atom. The minimum Gasteiger partial charge on any atom is -0.326 e. The molecular formula is C18H29FN2. The number of nitrogens with zero attached hydrogens (tertiary/aromatic N) is 1. The van der Waals surface area contributed by atoms with E-state index in [9.17, 15) is 4.39 Å². The summed E-state index contributed by atoms with van der Waals surface area (Å²) in [4.78, 5) is 2.48. The Hall–Kier alpha value is -0.930. The van der Waals surface area contributed by atoms with Crippen LogP contribution in [0.3, 0.4) is 0 Å². The standard InChI is InChI=1S/C18H29FN2/c1-4-16(20)17(14-8-7-9-15(19)12-14)21-11-10-18(5-2,6-3)13-21/h7-9,12,16-17H,4-6,10-11,13,20H2,1-3H3.